The van der Waals surface area contributed by atoms with Crippen LogP contribution in [0, 0.1) is 0 Å². The van der Waals surface area contributed by atoms with Gasteiger partial charge in [0.2, 0.25) is 5.88 Å². The van der Waals surface area contributed by atoms with E-state index in [1.54, 1.807) is 12.4 Å². The molecule has 0 unspecified atom stereocenters. The Morgan fingerprint density at radius 2 is 1.97 bits per heavy atom. The molecule has 1 aliphatic heterocycles. The number of morpholine rings is 1. The van der Waals surface area contributed by atoms with Gasteiger partial charge in [0.1, 0.15) is 12.7 Å². The Hall–Kier alpha value is -2.66. The number of rotatable bonds is 6. The molecule has 3 heterocycles. The number of ether oxygens (including phenoxy) is 2. The lowest BCUT2D eigenvalue weighted by atomic mass is 10.0. The predicted molar refractivity (Wildman–Crippen MR) is 117 cm³/mol. The second-order valence-electron chi connectivity index (χ2n) is 7.72. The molecule has 164 valence electrons. The Kier molecular flexibility index (Phi) is 6.15. The number of nitrogens with two attached hydrogens (primary N) is 1. The number of benzene rings is 1. The van der Waals surface area contributed by atoms with E-state index in [9.17, 15) is 8.42 Å². The lowest BCUT2D eigenvalue weighted by molar-refractivity contribution is -0.0254. The minimum atomic E-state index is -3.77. The number of nitrogens with zero attached hydrogens (tertiary/aromatic N) is 4. The van der Waals surface area contributed by atoms with Gasteiger partial charge in [-0.2, -0.15) is 12.7 Å². The topological polar surface area (TPSA) is 121 Å². The maximum atomic E-state index is 11.6. The number of hydrogen-bond donors (Lipinski definition) is 1. The fourth-order valence-electron chi connectivity index (χ4n) is 3.43. The van der Waals surface area contributed by atoms with Crippen molar-refractivity contribution in [1.29, 1.82) is 0 Å². The third kappa shape index (κ3) is 4.99. The largest absolute Gasteiger partial charge is 0.473 e. The highest BCUT2D eigenvalue weighted by atomic mass is 32.2. The maximum Gasteiger partial charge on any atom is 0.277 e. The maximum absolute atomic E-state index is 11.6. The molecule has 2 N–H and O–H groups in total. The number of fused-ring (bicyclic) bond motifs is 1. The van der Waals surface area contributed by atoms with Crippen LogP contribution in [0.3, 0.4) is 0 Å². The minimum absolute atomic E-state index is 0.112. The van der Waals surface area contributed by atoms with Crippen molar-refractivity contribution in [1.82, 2.24) is 19.3 Å². The Morgan fingerprint density at radius 3 is 2.68 bits per heavy atom. The van der Waals surface area contributed by atoms with Gasteiger partial charge in [0, 0.05) is 31.0 Å². The molecule has 0 amide bonds. The first-order valence-corrected chi connectivity index (χ1v) is 11.6. The van der Waals surface area contributed by atoms with E-state index in [0.29, 0.717) is 28.5 Å². The van der Waals surface area contributed by atoms with Gasteiger partial charge in [0.25, 0.3) is 10.2 Å². The van der Waals surface area contributed by atoms with Gasteiger partial charge in [-0.05, 0) is 17.5 Å². The zero-order valence-corrected chi connectivity index (χ0v) is 18.2. The van der Waals surface area contributed by atoms with Crippen LogP contribution in [0.15, 0.2) is 42.7 Å². The molecule has 1 atom stereocenters. The molecule has 0 aliphatic carbocycles. The summed E-state index contributed by atoms with van der Waals surface area (Å²) in [4.78, 5) is 13.4. The molecule has 1 fully saturated rings. The summed E-state index contributed by atoms with van der Waals surface area (Å²) in [5.41, 5.74) is 4.09. The average molecular weight is 444 g/mol. The van der Waals surface area contributed by atoms with Crippen LogP contribution in [-0.2, 0) is 14.9 Å². The Balaban J connectivity index is 1.59. The van der Waals surface area contributed by atoms with Gasteiger partial charge in [-0.15, -0.1) is 0 Å². The van der Waals surface area contributed by atoms with Crippen LogP contribution >= 0.6 is 0 Å². The quantitative estimate of drug-likeness (QED) is 0.619. The zero-order chi connectivity index (χ0) is 22.0. The number of aromatic nitrogens is 3. The molecule has 9 nitrogen and oxygen atoms in total. The normalized spacial score (nSPS) is 17.9. The summed E-state index contributed by atoms with van der Waals surface area (Å²) < 4.78 is 36.0. The molecule has 31 heavy (non-hydrogen) atoms. The van der Waals surface area contributed by atoms with Gasteiger partial charge in [0.15, 0.2) is 5.52 Å². The van der Waals surface area contributed by atoms with Gasteiger partial charge < -0.3 is 9.47 Å². The standard InChI is InChI=1S/C21H25N5O4S/c1-14(2)15-3-5-16(6-4-15)18-11-19-20(24-8-7-23-19)21(25-18)30-13-17-12-26(9-10-29-17)31(22,27)28/h3-8,11,14,17H,9-10,12-13H2,1-2H3,(H2,22,27,28)/t17-/m0/s1. The Labute approximate surface area is 181 Å². The molecule has 3 aromatic rings. The number of pyridine rings is 1. The van der Waals surface area contributed by atoms with E-state index in [0.717, 1.165) is 5.56 Å². The molecule has 10 heteroatoms. The van der Waals surface area contributed by atoms with Crippen LogP contribution in [0.1, 0.15) is 25.3 Å². The van der Waals surface area contributed by atoms with Crippen LogP contribution in [0.4, 0.5) is 0 Å². The van der Waals surface area contributed by atoms with Crippen LogP contribution < -0.4 is 9.88 Å². The van der Waals surface area contributed by atoms with Gasteiger partial charge in [-0.3, -0.25) is 4.98 Å². The van der Waals surface area contributed by atoms with Gasteiger partial charge in [-0.1, -0.05) is 38.1 Å². The first-order chi connectivity index (χ1) is 14.8. The summed E-state index contributed by atoms with van der Waals surface area (Å²) in [6.07, 6.45) is 2.73. The molecule has 0 saturated carbocycles. The van der Waals surface area contributed by atoms with E-state index in [1.807, 2.05) is 18.2 Å². The molecule has 0 bridgehead atoms. The second kappa shape index (κ2) is 8.83. The molecule has 0 spiro atoms. The van der Waals surface area contributed by atoms with Gasteiger partial charge in [0.05, 0.1) is 17.8 Å². The fraction of sp³-hybridized carbons (Fsp3) is 0.381. The fourth-order valence-corrected chi connectivity index (χ4v) is 4.13. The van der Waals surface area contributed by atoms with E-state index in [1.165, 1.54) is 9.87 Å². The molecule has 1 aromatic carbocycles. The number of hydrogen-bond acceptors (Lipinski definition) is 7. The van der Waals surface area contributed by atoms with Crippen molar-refractivity contribution in [3.05, 3.63) is 48.3 Å². The molecular weight excluding hydrogens is 418 g/mol. The third-order valence-corrected chi connectivity index (χ3v) is 6.22. The van der Waals surface area contributed by atoms with E-state index in [4.69, 9.17) is 14.6 Å². The predicted octanol–water partition coefficient (Wildman–Crippen LogP) is 2.10. The molecule has 1 aliphatic rings. The van der Waals surface area contributed by atoms with Crippen LogP contribution in [0.5, 0.6) is 5.88 Å². The SMILES string of the molecule is CC(C)c1ccc(-c2cc3nccnc3c(OC[C@@H]3CN(S(N)(=O)=O)CCO3)n2)cc1. The highest BCUT2D eigenvalue weighted by Gasteiger charge is 2.27. The van der Waals surface area contributed by atoms with E-state index in [2.05, 4.69) is 40.9 Å². The van der Waals surface area contributed by atoms with Gasteiger partial charge in [-0.25, -0.2) is 15.1 Å². The molecule has 0 radical (unpaired) electrons. The molecule has 4 rings (SSSR count). The smallest absolute Gasteiger partial charge is 0.277 e. The Bertz CT molecular complexity index is 1170. The summed E-state index contributed by atoms with van der Waals surface area (Å²) in [5.74, 6) is 0.764. The summed E-state index contributed by atoms with van der Waals surface area (Å²) >= 11 is 0. The minimum Gasteiger partial charge on any atom is -0.473 e. The van der Waals surface area contributed by atoms with Crippen molar-refractivity contribution >= 4 is 21.2 Å². The first kappa shape index (κ1) is 21.6. The van der Waals surface area contributed by atoms with Crippen molar-refractivity contribution in [3.63, 3.8) is 0 Å². The molecular formula is C21H25N5O4S. The van der Waals surface area contributed by atoms with Crippen molar-refractivity contribution in [2.75, 3.05) is 26.3 Å². The average Bonchev–Trinajstić information content (AvgIpc) is 2.77. The summed E-state index contributed by atoms with van der Waals surface area (Å²) in [5, 5.41) is 5.24. The highest BCUT2D eigenvalue weighted by molar-refractivity contribution is 7.86. The summed E-state index contributed by atoms with van der Waals surface area (Å²) in [6, 6.07) is 10.1. The Morgan fingerprint density at radius 1 is 1.23 bits per heavy atom. The second-order valence-corrected chi connectivity index (χ2v) is 9.27. The summed E-state index contributed by atoms with van der Waals surface area (Å²) in [6.45, 7) is 5.01. The van der Waals surface area contributed by atoms with Crippen molar-refractivity contribution in [3.8, 4) is 17.1 Å². The van der Waals surface area contributed by atoms with Crippen molar-refractivity contribution in [2.24, 2.45) is 5.14 Å². The molecule has 2 aromatic heterocycles. The van der Waals surface area contributed by atoms with Gasteiger partial charge >= 0.3 is 0 Å². The van der Waals surface area contributed by atoms with Crippen LogP contribution in [-0.4, -0.2) is 60.1 Å². The van der Waals surface area contributed by atoms with Crippen molar-refractivity contribution < 1.29 is 17.9 Å². The van der Waals surface area contributed by atoms with E-state index in [-0.39, 0.29) is 26.3 Å². The summed E-state index contributed by atoms with van der Waals surface area (Å²) in [7, 11) is -3.77. The third-order valence-electron chi connectivity index (χ3n) is 5.17. The lowest BCUT2D eigenvalue weighted by Gasteiger charge is -2.30. The van der Waals surface area contributed by atoms with E-state index >= 15 is 0 Å². The monoisotopic (exact) mass is 443 g/mol. The lowest BCUT2D eigenvalue weighted by Crippen LogP contribution is -2.49. The van der Waals surface area contributed by atoms with E-state index < -0.39 is 16.3 Å². The zero-order valence-electron chi connectivity index (χ0n) is 17.4. The molecule has 1 saturated heterocycles. The van der Waals surface area contributed by atoms with Crippen molar-refractivity contribution in [2.45, 2.75) is 25.9 Å². The first-order valence-electron chi connectivity index (χ1n) is 10.1. The van der Waals surface area contributed by atoms with Crippen LogP contribution in [0.25, 0.3) is 22.3 Å². The van der Waals surface area contributed by atoms with Crippen LogP contribution in [0.2, 0.25) is 0 Å². The highest BCUT2D eigenvalue weighted by Crippen LogP contribution is 2.28.